The normalized spacial score (nSPS) is 39.5. The molecule has 0 saturated heterocycles. The zero-order valence-electron chi connectivity index (χ0n) is 26.8. The molecule has 4 fully saturated rings. The molecular formula is C35H42O10. The van der Waals surface area contributed by atoms with Gasteiger partial charge in [0.05, 0.1) is 5.41 Å². The molecule has 242 valence electrons. The average molecular weight is 623 g/mol. The van der Waals surface area contributed by atoms with E-state index in [-0.39, 0.29) is 18.6 Å². The van der Waals surface area contributed by atoms with Gasteiger partial charge >= 0.3 is 23.9 Å². The molecule has 4 aliphatic carbocycles. The molecule has 10 nitrogen and oxygen atoms in total. The minimum absolute atomic E-state index is 0.0599. The lowest BCUT2D eigenvalue weighted by molar-refractivity contribution is -0.213. The van der Waals surface area contributed by atoms with Gasteiger partial charge in [0.2, 0.25) is 0 Å². The third-order valence-corrected chi connectivity index (χ3v) is 11.6. The molecule has 0 aliphatic heterocycles. The minimum Gasteiger partial charge on any atom is -0.462 e. The Hall–Kier alpha value is -3.79. The van der Waals surface area contributed by atoms with Crippen LogP contribution in [0.5, 0.6) is 0 Å². The van der Waals surface area contributed by atoms with E-state index >= 15 is 0 Å². The van der Waals surface area contributed by atoms with E-state index in [1.165, 1.54) is 26.8 Å². The van der Waals surface area contributed by atoms with E-state index in [0.717, 1.165) is 5.56 Å². The summed E-state index contributed by atoms with van der Waals surface area (Å²) >= 11 is 0. The van der Waals surface area contributed by atoms with Crippen LogP contribution in [0.2, 0.25) is 0 Å². The van der Waals surface area contributed by atoms with E-state index in [9.17, 15) is 29.1 Å². The van der Waals surface area contributed by atoms with Crippen molar-refractivity contribution in [3.63, 3.8) is 0 Å². The predicted molar refractivity (Wildman–Crippen MR) is 161 cm³/mol. The number of ether oxygens (including phenoxy) is 4. The number of aliphatic hydroxyl groups excluding tert-OH is 1. The molecular weight excluding hydrogens is 580 g/mol. The SMILES string of the molecule is C=C1[C@@H](OC(=O)/C=C/c2ccccc2)C[C@@H](OC(C)=O)[C@@]2(C)[C@@H](O)[C@H](OC(C)=O)[C@]34[C@H](C)C(=O)C[C@@H]([C@@H](OC(C)=O)[C@]123)C4(C)C. The zero-order chi connectivity index (χ0) is 33.3. The van der Waals surface area contributed by atoms with Gasteiger partial charge < -0.3 is 24.1 Å². The van der Waals surface area contributed by atoms with E-state index in [0.29, 0.717) is 5.57 Å². The van der Waals surface area contributed by atoms with Crippen LogP contribution in [-0.4, -0.2) is 65.3 Å². The van der Waals surface area contributed by atoms with Gasteiger partial charge in [0.15, 0.2) is 0 Å². The first-order chi connectivity index (χ1) is 21.0. The van der Waals surface area contributed by atoms with Crippen LogP contribution in [0.4, 0.5) is 0 Å². The second-order valence-corrected chi connectivity index (χ2v) is 13.7. The number of benzene rings is 1. The van der Waals surface area contributed by atoms with Crippen LogP contribution in [0, 0.1) is 33.5 Å². The summed E-state index contributed by atoms with van der Waals surface area (Å²) in [4.78, 5) is 65.4. The minimum atomic E-state index is -1.54. The van der Waals surface area contributed by atoms with Crippen molar-refractivity contribution in [3.05, 3.63) is 54.1 Å². The summed E-state index contributed by atoms with van der Waals surface area (Å²) in [6, 6.07) is 9.17. The van der Waals surface area contributed by atoms with Crippen LogP contribution in [0.3, 0.4) is 0 Å². The molecule has 1 N–H and O–H groups in total. The Morgan fingerprint density at radius 2 is 1.49 bits per heavy atom. The fourth-order valence-corrected chi connectivity index (χ4v) is 10.2. The van der Waals surface area contributed by atoms with Gasteiger partial charge in [-0.05, 0) is 22.6 Å². The molecule has 0 amide bonds. The van der Waals surface area contributed by atoms with Gasteiger partial charge in [0, 0.05) is 62.4 Å². The first kappa shape index (κ1) is 32.6. The van der Waals surface area contributed by atoms with Gasteiger partial charge in [-0.3, -0.25) is 19.2 Å². The van der Waals surface area contributed by atoms with E-state index in [1.54, 1.807) is 19.9 Å². The molecule has 2 bridgehead atoms. The number of aliphatic hydroxyl groups is 1. The predicted octanol–water partition coefficient (Wildman–Crippen LogP) is 3.99. The van der Waals surface area contributed by atoms with Crippen LogP contribution in [0.1, 0.15) is 66.9 Å². The van der Waals surface area contributed by atoms with Gasteiger partial charge in [0.1, 0.15) is 36.3 Å². The summed E-state index contributed by atoms with van der Waals surface area (Å²) in [5.74, 6) is -4.20. The van der Waals surface area contributed by atoms with E-state index in [2.05, 4.69) is 6.58 Å². The van der Waals surface area contributed by atoms with Crippen molar-refractivity contribution in [2.24, 2.45) is 33.5 Å². The summed E-state index contributed by atoms with van der Waals surface area (Å²) in [7, 11) is 0. The number of esters is 4. The third kappa shape index (κ3) is 4.20. The zero-order valence-corrected chi connectivity index (χ0v) is 26.8. The number of hydrogen-bond acceptors (Lipinski definition) is 10. The van der Waals surface area contributed by atoms with Crippen molar-refractivity contribution in [2.45, 2.75) is 91.8 Å². The molecule has 0 aromatic heterocycles. The maximum Gasteiger partial charge on any atom is 0.331 e. The van der Waals surface area contributed by atoms with Crippen molar-refractivity contribution < 1.29 is 48.0 Å². The molecule has 10 atom stereocenters. The standard InChI is InChI=1S/C35H42O10/c1-18-25(39)16-24-30(43-21(4)37)35-19(2)26(45-28(40)15-14-23-12-10-9-11-13-23)17-27(42-20(3)36)33(35,8)29(41)31(44-22(5)38)34(18,35)32(24,6)7/h9-15,18,24,26-27,29-31,41H,2,16-17H2,1,3-8H3/b15-14+/t18-,24+,26+,27-,29+,30-,31+,33+,34+,35-/m1/s1. The highest BCUT2D eigenvalue weighted by Crippen LogP contribution is 2.86. The fourth-order valence-electron chi connectivity index (χ4n) is 10.2. The van der Waals surface area contributed by atoms with E-state index in [4.69, 9.17) is 18.9 Å². The van der Waals surface area contributed by atoms with Crippen LogP contribution in [0.15, 0.2) is 48.6 Å². The lowest BCUT2D eigenvalue weighted by Crippen LogP contribution is -2.67. The van der Waals surface area contributed by atoms with Crippen LogP contribution in [0.25, 0.3) is 6.08 Å². The molecule has 45 heavy (non-hydrogen) atoms. The van der Waals surface area contributed by atoms with Crippen molar-refractivity contribution in [1.29, 1.82) is 0 Å². The van der Waals surface area contributed by atoms with Crippen molar-refractivity contribution in [3.8, 4) is 0 Å². The Kier molecular flexibility index (Phi) is 7.92. The number of Topliss-reactive ketones (excluding diaryl/α,β-unsaturated/α-hetero) is 1. The maximum absolute atomic E-state index is 13.9. The van der Waals surface area contributed by atoms with Gasteiger partial charge in [-0.2, -0.15) is 0 Å². The molecule has 1 aromatic rings. The molecule has 1 aromatic carbocycles. The average Bonchev–Trinajstić information content (AvgIpc) is 3.19. The second kappa shape index (κ2) is 10.9. The van der Waals surface area contributed by atoms with Gasteiger partial charge in [0.25, 0.3) is 0 Å². The Morgan fingerprint density at radius 1 is 0.911 bits per heavy atom. The molecule has 5 rings (SSSR count). The monoisotopic (exact) mass is 622 g/mol. The van der Waals surface area contributed by atoms with Gasteiger partial charge in [-0.25, -0.2) is 4.79 Å². The van der Waals surface area contributed by atoms with Crippen molar-refractivity contribution >= 4 is 35.7 Å². The largest absolute Gasteiger partial charge is 0.462 e. The molecule has 0 radical (unpaired) electrons. The lowest BCUT2D eigenvalue weighted by Gasteiger charge is -2.62. The topological polar surface area (TPSA) is 142 Å². The number of fused-ring (bicyclic) bond motifs is 1. The lowest BCUT2D eigenvalue weighted by atomic mass is 9.42. The Balaban J connectivity index is 1.78. The number of ketones is 1. The van der Waals surface area contributed by atoms with Crippen molar-refractivity contribution in [2.75, 3.05) is 0 Å². The first-order valence-electron chi connectivity index (χ1n) is 15.3. The molecule has 4 saturated carbocycles. The van der Waals surface area contributed by atoms with Gasteiger partial charge in [-0.1, -0.05) is 64.6 Å². The van der Waals surface area contributed by atoms with Crippen LogP contribution < -0.4 is 0 Å². The summed E-state index contributed by atoms with van der Waals surface area (Å²) in [6.07, 6.45) is -3.14. The Labute approximate surface area is 263 Å². The molecule has 10 heteroatoms. The second-order valence-electron chi connectivity index (χ2n) is 13.7. The number of hydrogen-bond donors (Lipinski definition) is 1. The highest BCUT2D eigenvalue weighted by atomic mass is 16.6. The summed E-state index contributed by atoms with van der Waals surface area (Å²) < 4.78 is 24.2. The third-order valence-electron chi connectivity index (χ3n) is 11.6. The molecule has 0 unspecified atom stereocenters. The number of rotatable bonds is 6. The maximum atomic E-state index is 13.9. The first-order valence-corrected chi connectivity index (χ1v) is 15.3. The van der Waals surface area contributed by atoms with Gasteiger partial charge in [-0.15, -0.1) is 0 Å². The smallest absolute Gasteiger partial charge is 0.331 e. The Bertz CT molecular complexity index is 1480. The summed E-state index contributed by atoms with van der Waals surface area (Å²) in [5.41, 5.74) is -4.26. The van der Waals surface area contributed by atoms with E-state index < -0.39 is 87.9 Å². The van der Waals surface area contributed by atoms with Crippen LogP contribution in [-0.2, 0) is 42.9 Å². The molecule has 4 aliphatic rings. The van der Waals surface area contributed by atoms with Crippen molar-refractivity contribution in [1.82, 2.24) is 0 Å². The Morgan fingerprint density at radius 3 is 2.07 bits per heavy atom. The summed E-state index contributed by atoms with van der Waals surface area (Å²) in [5, 5.41) is 12.4. The van der Waals surface area contributed by atoms with Crippen LogP contribution >= 0.6 is 0 Å². The highest BCUT2D eigenvalue weighted by molar-refractivity contribution is 5.88. The number of carbonyl (C=O) groups excluding carboxylic acids is 5. The summed E-state index contributed by atoms with van der Waals surface area (Å²) in [6.45, 7) is 15.5. The number of carbonyl (C=O) groups is 5. The quantitative estimate of drug-likeness (QED) is 0.214. The molecule has 2 spiro atoms. The highest BCUT2D eigenvalue weighted by Gasteiger charge is 2.93. The van der Waals surface area contributed by atoms with E-state index in [1.807, 2.05) is 44.2 Å². The fraction of sp³-hybridized carbons (Fsp3) is 0.571. The molecule has 0 heterocycles.